The van der Waals surface area contributed by atoms with Crippen LogP contribution in [0.5, 0.6) is 0 Å². The third-order valence-electron chi connectivity index (χ3n) is 1.88. The van der Waals surface area contributed by atoms with E-state index in [2.05, 4.69) is 52.0 Å². The average molecular weight is 336 g/mol. The van der Waals surface area contributed by atoms with Gasteiger partial charge in [0.1, 0.15) is 0 Å². The Kier molecular flexibility index (Phi) is 33.2. The standard InChI is InChI=1S/2C5H5.2C4H9.Zr/c2*1-2-4-5-3-1;2*1-3-4-2;/h2*1-3H,4H2;2*1,3-4H2,2H3;/q4*-1;+4. The van der Waals surface area contributed by atoms with Crippen molar-refractivity contribution in [3.05, 3.63) is 62.5 Å². The number of unbranched alkanes of at least 4 members (excludes halogenated alkanes) is 2. The van der Waals surface area contributed by atoms with Crippen LogP contribution in [0.1, 0.15) is 52.4 Å². The Bertz CT molecular complexity index is 184. The molecular formula is C18H28Zr. The minimum atomic E-state index is 0. The molecule has 2 aliphatic carbocycles. The summed E-state index contributed by atoms with van der Waals surface area (Å²) in [5, 5.41) is 0. The Morgan fingerprint density at radius 3 is 1.21 bits per heavy atom. The van der Waals surface area contributed by atoms with Gasteiger partial charge in [0.15, 0.2) is 0 Å². The molecular weight excluding hydrogens is 307 g/mol. The number of hydrogen-bond acceptors (Lipinski definition) is 0. The molecule has 0 heterocycles. The van der Waals surface area contributed by atoms with Crippen LogP contribution in [0.25, 0.3) is 0 Å². The minimum absolute atomic E-state index is 0. The zero-order valence-electron chi connectivity index (χ0n) is 12.6. The smallest absolute Gasteiger partial charge is 0.343 e. The van der Waals surface area contributed by atoms with Crippen molar-refractivity contribution in [1.29, 1.82) is 0 Å². The number of allylic oxidation sites excluding steroid dienone is 8. The van der Waals surface area contributed by atoms with E-state index >= 15 is 0 Å². The van der Waals surface area contributed by atoms with Gasteiger partial charge in [-0.2, -0.15) is 25.0 Å². The second kappa shape index (κ2) is 26.4. The maximum atomic E-state index is 3.60. The fourth-order valence-electron chi connectivity index (χ4n) is 0.680. The van der Waals surface area contributed by atoms with Crippen LogP contribution in [-0.4, -0.2) is 0 Å². The molecule has 0 unspecified atom stereocenters. The van der Waals surface area contributed by atoms with Crippen molar-refractivity contribution in [2.24, 2.45) is 0 Å². The molecule has 1 heteroatoms. The van der Waals surface area contributed by atoms with Crippen LogP contribution < -0.4 is 0 Å². The molecule has 0 N–H and O–H groups in total. The molecule has 0 spiro atoms. The first-order chi connectivity index (χ1) is 8.83. The van der Waals surface area contributed by atoms with E-state index in [-0.39, 0.29) is 26.2 Å². The van der Waals surface area contributed by atoms with Gasteiger partial charge in [-0.1, -0.05) is 26.7 Å². The molecule has 0 aliphatic heterocycles. The predicted octanol–water partition coefficient (Wildman–Crippen LogP) is 5.85. The summed E-state index contributed by atoms with van der Waals surface area (Å²) in [6.07, 6.45) is 24.6. The van der Waals surface area contributed by atoms with Gasteiger partial charge in [-0.05, 0) is 0 Å². The summed E-state index contributed by atoms with van der Waals surface area (Å²) in [6, 6.07) is 0. The van der Waals surface area contributed by atoms with E-state index < -0.39 is 0 Å². The molecule has 104 valence electrons. The van der Waals surface area contributed by atoms with E-state index in [1.54, 1.807) is 0 Å². The Balaban J connectivity index is -0.000000178. The van der Waals surface area contributed by atoms with Gasteiger partial charge >= 0.3 is 26.2 Å². The molecule has 0 amide bonds. The summed E-state index contributed by atoms with van der Waals surface area (Å²) >= 11 is 0. The van der Waals surface area contributed by atoms with E-state index in [0.717, 1.165) is 25.7 Å². The van der Waals surface area contributed by atoms with Crippen LogP contribution in [-0.2, 0) is 26.2 Å². The van der Waals surface area contributed by atoms with Crippen molar-refractivity contribution < 1.29 is 26.2 Å². The monoisotopic (exact) mass is 334 g/mol. The van der Waals surface area contributed by atoms with E-state index in [4.69, 9.17) is 0 Å². The molecule has 0 bridgehead atoms. The molecule has 0 aromatic heterocycles. The van der Waals surface area contributed by atoms with Crippen molar-refractivity contribution in [2.75, 3.05) is 0 Å². The van der Waals surface area contributed by atoms with Crippen LogP contribution >= 0.6 is 0 Å². The third-order valence-corrected chi connectivity index (χ3v) is 1.88. The van der Waals surface area contributed by atoms with Crippen molar-refractivity contribution in [3.63, 3.8) is 0 Å². The molecule has 0 atom stereocenters. The summed E-state index contributed by atoms with van der Waals surface area (Å²) < 4.78 is 0. The second-order valence-corrected chi connectivity index (χ2v) is 3.71. The van der Waals surface area contributed by atoms with E-state index in [1.165, 1.54) is 12.8 Å². The van der Waals surface area contributed by atoms with Gasteiger partial charge in [-0.3, -0.25) is 12.2 Å². The molecule has 0 aromatic rings. The van der Waals surface area contributed by atoms with Crippen molar-refractivity contribution in [2.45, 2.75) is 52.4 Å². The van der Waals surface area contributed by atoms with Crippen molar-refractivity contribution >= 4 is 0 Å². The van der Waals surface area contributed by atoms with Gasteiger partial charge in [0.25, 0.3) is 0 Å². The van der Waals surface area contributed by atoms with Crippen molar-refractivity contribution in [1.82, 2.24) is 0 Å². The molecule has 2 aliphatic rings. The minimum Gasteiger partial charge on any atom is -0.343 e. The first kappa shape index (κ1) is 23.9. The van der Waals surface area contributed by atoms with Gasteiger partial charge in [-0.25, -0.2) is 24.3 Å². The van der Waals surface area contributed by atoms with Gasteiger partial charge in [-0.15, -0.1) is 12.8 Å². The zero-order valence-corrected chi connectivity index (χ0v) is 15.1. The molecule has 0 nitrogen and oxygen atoms in total. The largest absolute Gasteiger partial charge is 4.00 e. The molecule has 19 heavy (non-hydrogen) atoms. The normalized spacial score (nSPS) is 12.4. The topological polar surface area (TPSA) is 0 Å². The maximum absolute atomic E-state index is 3.60. The van der Waals surface area contributed by atoms with Crippen molar-refractivity contribution in [3.8, 4) is 0 Å². The van der Waals surface area contributed by atoms with Crippen LogP contribution in [0, 0.1) is 26.0 Å². The van der Waals surface area contributed by atoms with Crippen LogP contribution in [0.2, 0.25) is 0 Å². The quantitative estimate of drug-likeness (QED) is 0.555. The van der Waals surface area contributed by atoms with Crippen LogP contribution in [0.4, 0.5) is 0 Å². The van der Waals surface area contributed by atoms with E-state index in [9.17, 15) is 0 Å². The summed E-state index contributed by atoms with van der Waals surface area (Å²) in [5.41, 5.74) is 0. The third kappa shape index (κ3) is 31.9. The predicted molar refractivity (Wildman–Crippen MR) is 83.7 cm³/mol. The molecule has 0 saturated heterocycles. The first-order valence-electron chi connectivity index (χ1n) is 6.85. The summed E-state index contributed by atoms with van der Waals surface area (Å²) in [4.78, 5) is 0. The Morgan fingerprint density at radius 1 is 0.842 bits per heavy atom. The Labute approximate surface area is 140 Å². The fraction of sp³-hybridized carbons (Fsp3) is 0.444. The molecule has 0 aromatic carbocycles. The maximum Gasteiger partial charge on any atom is 4.00 e. The summed E-state index contributed by atoms with van der Waals surface area (Å²) in [7, 11) is 0. The second-order valence-electron chi connectivity index (χ2n) is 3.71. The van der Waals surface area contributed by atoms with E-state index in [0.29, 0.717) is 0 Å². The SMILES string of the molecule is [C-]1=CC=CC1.[C-]1=CC=CC1.[CH2-]CCC.[CH2-]CCC.[Zr+4]. The fourth-order valence-corrected chi connectivity index (χ4v) is 0.680. The van der Waals surface area contributed by atoms with Gasteiger partial charge < -0.3 is 13.8 Å². The first-order valence-corrected chi connectivity index (χ1v) is 6.85. The molecule has 0 radical (unpaired) electrons. The van der Waals surface area contributed by atoms with E-state index in [1.807, 2.05) is 24.3 Å². The molecule has 0 saturated carbocycles. The number of rotatable bonds is 2. The number of hydrogen-bond donors (Lipinski definition) is 0. The van der Waals surface area contributed by atoms with Gasteiger partial charge in [0, 0.05) is 0 Å². The summed E-state index contributed by atoms with van der Waals surface area (Å²) in [6.45, 7) is 11.4. The average Bonchev–Trinajstić information content (AvgIpc) is 3.14. The van der Waals surface area contributed by atoms with Gasteiger partial charge in [0.05, 0.1) is 0 Å². The molecule has 0 fully saturated rings. The Hall–Kier alpha value is -0.157. The summed E-state index contributed by atoms with van der Waals surface area (Å²) in [5.74, 6) is 0. The zero-order chi connectivity index (χ0) is 13.9. The van der Waals surface area contributed by atoms with Gasteiger partial charge in [0.2, 0.25) is 0 Å². The van der Waals surface area contributed by atoms with Crippen LogP contribution in [0.3, 0.4) is 0 Å². The Morgan fingerprint density at radius 2 is 1.16 bits per heavy atom. The molecule has 2 rings (SSSR count). The van der Waals surface area contributed by atoms with Crippen LogP contribution in [0.15, 0.2) is 36.5 Å².